The van der Waals surface area contributed by atoms with Crippen LogP contribution in [0.5, 0.6) is 5.75 Å². The first-order valence-electron chi connectivity index (χ1n) is 6.29. The largest absolute Gasteiger partial charge is 0.494 e. The Morgan fingerprint density at radius 1 is 1.05 bits per heavy atom. The molecule has 0 aromatic heterocycles. The summed E-state index contributed by atoms with van der Waals surface area (Å²) in [5, 5.41) is 0. The first-order chi connectivity index (χ1) is 8.70. The Hall–Kier alpha value is -1.51. The first-order valence-corrected chi connectivity index (χ1v) is 6.29. The van der Waals surface area contributed by atoms with Gasteiger partial charge in [0.25, 0.3) is 0 Å². The number of nitrogens with two attached hydrogens (primary N) is 1. The van der Waals surface area contributed by atoms with Gasteiger partial charge in [-0.05, 0) is 48.7 Å². The second kappa shape index (κ2) is 7.17. The summed E-state index contributed by atoms with van der Waals surface area (Å²) in [6.07, 6.45) is 0. The van der Waals surface area contributed by atoms with E-state index < -0.39 is 0 Å². The predicted octanol–water partition coefficient (Wildman–Crippen LogP) is 4.19. The van der Waals surface area contributed by atoms with Gasteiger partial charge >= 0.3 is 0 Å². The molecule has 0 saturated heterocycles. The molecule has 0 aliphatic rings. The fraction of sp³-hybridized carbons (Fsp3) is 0.250. The molecule has 0 saturated carbocycles. The molecule has 0 heterocycles. The minimum absolute atomic E-state index is 0. The molecule has 3 heteroatoms. The standard InChI is InChI=1S/C16H19NO.ClH/c1-3-18-16-9-7-13(8-10-16)15-6-4-5-14(11-15)12(2)17;/h4-12H,3,17H2,1-2H3;1H/t12-;/m1./s1. The molecule has 0 unspecified atom stereocenters. The number of hydrogen-bond donors (Lipinski definition) is 1. The average Bonchev–Trinajstić information content (AvgIpc) is 2.40. The van der Waals surface area contributed by atoms with E-state index >= 15 is 0 Å². The highest BCUT2D eigenvalue weighted by Gasteiger charge is 2.02. The lowest BCUT2D eigenvalue weighted by atomic mass is 10.0. The van der Waals surface area contributed by atoms with E-state index in [1.807, 2.05) is 32.0 Å². The van der Waals surface area contributed by atoms with Crippen LogP contribution in [0.1, 0.15) is 25.5 Å². The van der Waals surface area contributed by atoms with E-state index in [1.165, 1.54) is 11.1 Å². The Kier molecular flexibility index (Phi) is 5.87. The molecule has 0 fully saturated rings. The zero-order valence-electron chi connectivity index (χ0n) is 11.3. The highest BCUT2D eigenvalue weighted by Crippen LogP contribution is 2.24. The minimum atomic E-state index is 0. The van der Waals surface area contributed by atoms with Crippen LogP contribution in [-0.4, -0.2) is 6.61 Å². The van der Waals surface area contributed by atoms with Crippen LogP contribution < -0.4 is 10.5 Å². The van der Waals surface area contributed by atoms with Crippen LogP contribution in [0.4, 0.5) is 0 Å². The van der Waals surface area contributed by atoms with Crippen molar-refractivity contribution in [3.05, 3.63) is 54.1 Å². The number of hydrogen-bond acceptors (Lipinski definition) is 2. The zero-order chi connectivity index (χ0) is 13.0. The molecule has 2 rings (SSSR count). The summed E-state index contributed by atoms with van der Waals surface area (Å²) < 4.78 is 5.44. The van der Waals surface area contributed by atoms with Crippen molar-refractivity contribution in [1.82, 2.24) is 0 Å². The van der Waals surface area contributed by atoms with Gasteiger partial charge in [-0.15, -0.1) is 12.4 Å². The summed E-state index contributed by atoms with van der Waals surface area (Å²) in [7, 11) is 0. The number of rotatable bonds is 4. The minimum Gasteiger partial charge on any atom is -0.494 e. The fourth-order valence-corrected chi connectivity index (χ4v) is 1.91. The van der Waals surface area contributed by atoms with Gasteiger partial charge in [-0.25, -0.2) is 0 Å². The Balaban J connectivity index is 0.00000180. The summed E-state index contributed by atoms with van der Waals surface area (Å²) in [4.78, 5) is 0. The third kappa shape index (κ3) is 3.98. The molecule has 0 amide bonds. The van der Waals surface area contributed by atoms with E-state index in [0.717, 1.165) is 11.3 Å². The first kappa shape index (κ1) is 15.5. The van der Waals surface area contributed by atoms with Crippen LogP contribution in [0.25, 0.3) is 11.1 Å². The molecule has 1 atom stereocenters. The molecule has 0 radical (unpaired) electrons. The maximum absolute atomic E-state index is 5.90. The lowest BCUT2D eigenvalue weighted by molar-refractivity contribution is 0.340. The van der Waals surface area contributed by atoms with E-state index in [1.54, 1.807) is 0 Å². The SMILES string of the molecule is CCOc1ccc(-c2cccc([C@@H](C)N)c2)cc1.Cl. The maximum atomic E-state index is 5.90. The molecule has 102 valence electrons. The van der Waals surface area contributed by atoms with Crippen molar-refractivity contribution in [2.24, 2.45) is 5.73 Å². The van der Waals surface area contributed by atoms with E-state index in [0.29, 0.717) is 6.61 Å². The number of benzene rings is 2. The van der Waals surface area contributed by atoms with Gasteiger partial charge in [0.15, 0.2) is 0 Å². The third-order valence-electron chi connectivity index (χ3n) is 2.91. The smallest absolute Gasteiger partial charge is 0.119 e. The quantitative estimate of drug-likeness (QED) is 0.909. The normalized spacial score (nSPS) is 11.5. The summed E-state index contributed by atoms with van der Waals surface area (Å²) in [6, 6.07) is 16.5. The van der Waals surface area contributed by atoms with Crippen LogP contribution in [0.3, 0.4) is 0 Å². The van der Waals surface area contributed by atoms with Crippen LogP contribution in [-0.2, 0) is 0 Å². The molecule has 2 aromatic rings. The van der Waals surface area contributed by atoms with Crippen LogP contribution >= 0.6 is 12.4 Å². The molecule has 0 aliphatic heterocycles. The molecular formula is C16H20ClNO. The second-order valence-electron chi connectivity index (χ2n) is 4.37. The molecular weight excluding hydrogens is 258 g/mol. The molecule has 2 N–H and O–H groups in total. The topological polar surface area (TPSA) is 35.2 Å². The lowest BCUT2D eigenvalue weighted by Gasteiger charge is -2.09. The average molecular weight is 278 g/mol. The molecule has 2 nitrogen and oxygen atoms in total. The molecule has 0 aliphatic carbocycles. The Morgan fingerprint density at radius 2 is 1.74 bits per heavy atom. The number of halogens is 1. The summed E-state index contributed by atoms with van der Waals surface area (Å²) in [6.45, 7) is 4.68. The van der Waals surface area contributed by atoms with E-state index in [9.17, 15) is 0 Å². The van der Waals surface area contributed by atoms with Gasteiger partial charge in [0.1, 0.15) is 5.75 Å². The van der Waals surface area contributed by atoms with Crippen molar-refractivity contribution in [3.63, 3.8) is 0 Å². The number of ether oxygens (including phenoxy) is 1. The van der Waals surface area contributed by atoms with Crippen LogP contribution in [0, 0.1) is 0 Å². The second-order valence-corrected chi connectivity index (χ2v) is 4.37. The van der Waals surface area contributed by atoms with Gasteiger partial charge in [0.05, 0.1) is 6.61 Å². The van der Waals surface area contributed by atoms with Crippen molar-refractivity contribution in [3.8, 4) is 16.9 Å². The maximum Gasteiger partial charge on any atom is 0.119 e. The highest BCUT2D eigenvalue weighted by molar-refractivity contribution is 5.85. The Bertz CT molecular complexity index is 508. The van der Waals surface area contributed by atoms with Crippen molar-refractivity contribution in [2.45, 2.75) is 19.9 Å². The third-order valence-corrected chi connectivity index (χ3v) is 2.91. The fourth-order valence-electron chi connectivity index (χ4n) is 1.91. The molecule has 0 bridgehead atoms. The summed E-state index contributed by atoms with van der Waals surface area (Å²) >= 11 is 0. The van der Waals surface area contributed by atoms with Crippen LogP contribution in [0.15, 0.2) is 48.5 Å². The van der Waals surface area contributed by atoms with E-state index in [2.05, 4.69) is 30.3 Å². The van der Waals surface area contributed by atoms with Crippen molar-refractivity contribution >= 4 is 12.4 Å². The van der Waals surface area contributed by atoms with Gasteiger partial charge in [-0.1, -0.05) is 30.3 Å². The van der Waals surface area contributed by atoms with Gasteiger partial charge in [-0.2, -0.15) is 0 Å². The molecule has 0 spiro atoms. The molecule has 19 heavy (non-hydrogen) atoms. The Labute approximate surface area is 121 Å². The van der Waals surface area contributed by atoms with Crippen molar-refractivity contribution < 1.29 is 4.74 Å². The van der Waals surface area contributed by atoms with E-state index in [-0.39, 0.29) is 18.4 Å². The summed E-state index contributed by atoms with van der Waals surface area (Å²) in [5.41, 5.74) is 9.43. The Morgan fingerprint density at radius 3 is 2.32 bits per heavy atom. The van der Waals surface area contributed by atoms with Crippen LogP contribution in [0.2, 0.25) is 0 Å². The van der Waals surface area contributed by atoms with Gasteiger partial charge in [0.2, 0.25) is 0 Å². The monoisotopic (exact) mass is 277 g/mol. The van der Waals surface area contributed by atoms with E-state index in [4.69, 9.17) is 10.5 Å². The lowest BCUT2D eigenvalue weighted by Crippen LogP contribution is -2.04. The summed E-state index contributed by atoms with van der Waals surface area (Å²) in [5.74, 6) is 0.907. The van der Waals surface area contributed by atoms with Gasteiger partial charge in [-0.3, -0.25) is 0 Å². The molecule has 2 aromatic carbocycles. The highest BCUT2D eigenvalue weighted by atomic mass is 35.5. The van der Waals surface area contributed by atoms with Gasteiger partial charge in [0, 0.05) is 6.04 Å². The van der Waals surface area contributed by atoms with Gasteiger partial charge < -0.3 is 10.5 Å². The van der Waals surface area contributed by atoms with Crippen molar-refractivity contribution in [2.75, 3.05) is 6.61 Å². The predicted molar refractivity (Wildman–Crippen MR) is 82.9 cm³/mol. The zero-order valence-corrected chi connectivity index (χ0v) is 12.1. The van der Waals surface area contributed by atoms with Crippen molar-refractivity contribution in [1.29, 1.82) is 0 Å².